The molecule has 0 N–H and O–H groups in total. The third kappa shape index (κ3) is 7.93. The molecular formula is C55H68N4. The average Bonchev–Trinajstić information content (AvgIpc) is 3.21. The average molecular weight is 785 g/mol. The van der Waals surface area contributed by atoms with Crippen LogP contribution in [0.4, 0.5) is 34.1 Å². The van der Waals surface area contributed by atoms with Gasteiger partial charge in [0.15, 0.2) is 0 Å². The van der Waals surface area contributed by atoms with Crippen LogP contribution in [0.1, 0.15) is 188 Å². The molecule has 0 spiro atoms. The van der Waals surface area contributed by atoms with Crippen molar-refractivity contribution in [1.82, 2.24) is 0 Å². The second-order valence-corrected chi connectivity index (χ2v) is 19.1. The zero-order valence-corrected chi connectivity index (χ0v) is 38.4. The van der Waals surface area contributed by atoms with Gasteiger partial charge in [-0.3, -0.25) is 0 Å². The Hall–Kier alpha value is -4.96. The van der Waals surface area contributed by atoms with Gasteiger partial charge in [0.25, 0.3) is 0 Å². The zero-order valence-electron chi connectivity index (χ0n) is 38.4. The van der Waals surface area contributed by atoms with Gasteiger partial charge in [0, 0.05) is 0 Å². The summed E-state index contributed by atoms with van der Waals surface area (Å²) in [5.74, 6) is 2.47. The van der Waals surface area contributed by atoms with Gasteiger partial charge in [-0.05, 0) is 91.5 Å². The lowest BCUT2D eigenvalue weighted by atomic mass is 9.90. The lowest BCUT2D eigenvalue weighted by Gasteiger charge is -2.38. The lowest BCUT2D eigenvalue weighted by Crippen LogP contribution is -2.34. The highest BCUT2D eigenvalue weighted by atomic mass is 15.3. The van der Waals surface area contributed by atoms with Crippen molar-refractivity contribution in [3.63, 3.8) is 0 Å². The Balaban J connectivity index is 1.56. The molecule has 0 radical (unpaired) electrons. The van der Waals surface area contributed by atoms with E-state index in [1.54, 1.807) is 0 Å². The number of anilines is 4. The van der Waals surface area contributed by atoms with E-state index in [-0.39, 0.29) is 0 Å². The van der Waals surface area contributed by atoms with E-state index in [0.29, 0.717) is 41.4 Å². The molecule has 0 fully saturated rings. The molecule has 2 aliphatic rings. The van der Waals surface area contributed by atoms with Crippen LogP contribution >= 0.6 is 0 Å². The molecule has 0 unspecified atom stereocenters. The monoisotopic (exact) mass is 785 g/mol. The normalized spacial score (nSPS) is 14.3. The van der Waals surface area contributed by atoms with Gasteiger partial charge in [-0.15, -0.1) is 0 Å². The molecule has 0 aliphatic carbocycles. The van der Waals surface area contributed by atoms with Gasteiger partial charge in [0.1, 0.15) is 0 Å². The number of para-hydroxylation sites is 4. The Labute approximate surface area is 357 Å². The van der Waals surface area contributed by atoms with Gasteiger partial charge in [-0.2, -0.15) is 0 Å². The molecule has 0 amide bonds. The van der Waals surface area contributed by atoms with E-state index in [1.165, 1.54) is 84.2 Å². The maximum absolute atomic E-state index is 4.11. The van der Waals surface area contributed by atoms with Crippen molar-refractivity contribution in [2.75, 3.05) is 9.80 Å². The van der Waals surface area contributed by atoms with E-state index in [9.17, 15) is 0 Å². The third-order valence-electron chi connectivity index (χ3n) is 12.5. The standard InChI is InChI=1S/C55H68N4/c1-34(2)43-20-15-16-27-50(43)58-32-56(53-44(35(3)4)21-17-22-45(53)36(5)6)30-41-29-52-42(28-51(41)58)31-57(54-46(37(7)8)23-18-24-47(54)38(9)10)33-59(52)55-48(39(11)12)25-19-26-49(55)40(13)14/h15-29,34-40H,30-31H2,1-14H3. The smallest absolute Gasteiger partial charge is 0.245 e. The molecule has 4 heteroatoms. The van der Waals surface area contributed by atoms with Crippen LogP contribution in [-0.4, -0.2) is 21.8 Å². The van der Waals surface area contributed by atoms with Crippen LogP contribution in [0.25, 0.3) is 0 Å². The van der Waals surface area contributed by atoms with Crippen LogP contribution < -0.4 is 9.80 Å². The Morgan fingerprint density at radius 3 is 1.08 bits per heavy atom. The molecule has 0 saturated heterocycles. The fourth-order valence-corrected chi connectivity index (χ4v) is 9.30. The molecule has 0 aromatic heterocycles. The van der Waals surface area contributed by atoms with Crippen molar-refractivity contribution < 1.29 is 9.15 Å². The van der Waals surface area contributed by atoms with E-state index < -0.39 is 0 Å². The van der Waals surface area contributed by atoms with Crippen LogP contribution in [0.2, 0.25) is 0 Å². The first kappa shape index (κ1) is 42.2. The summed E-state index contributed by atoms with van der Waals surface area (Å²) < 4.78 is 4.88. The van der Waals surface area contributed by atoms with Gasteiger partial charge < -0.3 is 19.0 Å². The van der Waals surface area contributed by atoms with Gasteiger partial charge in [0.05, 0.1) is 47.2 Å². The molecule has 59 heavy (non-hydrogen) atoms. The van der Waals surface area contributed by atoms with Crippen molar-refractivity contribution in [3.8, 4) is 0 Å². The van der Waals surface area contributed by atoms with Crippen molar-refractivity contribution >= 4 is 46.8 Å². The molecule has 308 valence electrons. The van der Waals surface area contributed by atoms with E-state index in [0.717, 1.165) is 13.1 Å². The van der Waals surface area contributed by atoms with E-state index in [4.69, 9.17) is 0 Å². The number of fused-ring (bicyclic) bond motifs is 2. The van der Waals surface area contributed by atoms with Gasteiger partial charge in [-0.25, -0.2) is 0 Å². The summed E-state index contributed by atoms with van der Waals surface area (Å²) in [5, 5.41) is 0. The van der Waals surface area contributed by atoms with Gasteiger partial charge >= 0.3 is 0 Å². The molecule has 0 atom stereocenters. The van der Waals surface area contributed by atoms with Crippen LogP contribution in [0.5, 0.6) is 0 Å². The largest absolute Gasteiger partial charge is 0.314 e. The molecular weight excluding hydrogens is 717 g/mol. The molecule has 5 aromatic rings. The SMILES string of the molecule is CC(C)c1ccccc1N1[C-]=[N+](c2c(C(C)C)cccc2C(C)C)Cc2cc3c(cc21)C[N+](c1c(C(C)C)cccc1C(C)C)=[C-]N3c1c(C(C)C)cccc1C(C)C. The minimum absolute atomic E-state index is 0.334. The molecule has 2 heterocycles. The summed E-state index contributed by atoms with van der Waals surface area (Å²) in [6.07, 6.45) is 8.15. The summed E-state index contributed by atoms with van der Waals surface area (Å²) in [5.41, 5.74) is 19.5. The highest BCUT2D eigenvalue weighted by molar-refractivity contribution is 5.97. The number of benzene rings is 5. The topological polar surface area (TPSA) is 12.5 Å². The fourth-order valence-electron chi connectivity index (χ4n) is 9.30. The Bertz CT molecular complexity index is 2320. The Kier molecular flexibility index (Phi) is 12.1. The minimum Gasteiger partial charge on any atom is -0.314 e. The summed E-state index contributed by atoms with van der Waals surface area (Å²) in [6.45, 7) is 33.9. The second kappa shape index (κ2) is 17.0. The van der Waals surface area contributed by atoms with Gasteiger partial charge in [-0.1, -0.05) is 188 Å². The summed E-state index contributed by atoms with van der Waals surface area (Å²) in [4.78, 5) is 4.83. The van der Waals surface area contributed by atoms with Crippen molar-refractivity contribution in [3.05, 3.63) is 141 Å². The number of rotatable bonds is 11. The number of hydrogen-bond donors (Lipinski definition) is 0. The van der Waals surface area contributed by atoms with Gasteiger partial charge in [0.2, 0.25) is 12.7 Å². The third-order valence-corrected chi connectivity index (χ3v) is 12.5. The molecule has 2 aliphatic heterocycles. The van der Waals surface area contributed by atoms with E-state index >= 15 is 0 Å². The Morgan fingerprint density at radius 2 is 0.695 bits per heavy atom. The number of nitrogens with zero attached hydrogens (tertiary/aromatic N) is 4. The number of hydrogen-bond acceptors (Lipinski definition) is 2. The Morgan fingerprint density at radius 1 is 0.373 bits per heavy atom. The molecule has 0 saturated carbocycles. The molecule has 0 bridgehead atoms. The predicted octanol–water partition coefficient (Wildman–Crippen LogP) is 15.4. The summed E-state index contributed by atoms with van der Waals surface area (Å²) in [6, 6.07) is 34.6. The summed E-state index contributed by atoms with van der Waals surface area (Å²) in [7, 11) is 0. The highest BCUT2D eigenvalue weighted by Crippen LogP contribution is 2.48. The van der Waals surface area contributed by atoms with Crippen LogP contribution in [-0.2, 0) is 13.1 Å². The maximum atomic E-state index is 4.11. The first-order valence-corrected chi connectivity index (χ1v) is 22.4. The van der Waals surface area contributed by atoms with Crippen LogP contribution in [0.15, 0.2) is 91.0 Å². The van der Waals surface area contributed by atoms with E-state index in [1.807, 2.05) is 0 Å². The minimum atomic E-state index is 0.334. The molecule has 5 aromatic carbocycles. The zero-order chi connectivity index (χ0) is 42.4. The lowest BCUT2D eigenvalue weighted by molar-refractivity contribution is -0.457. The van der Waals surface area contributed by atoms with Crippen LogP contribution in [0.3, 0.4) is 0 Å². The van der Waals surface area contributed by atoms with Crippen molar-refractivity contribution in [2.24, 2.45) is 0 Å². The van der Waals surface area contributed by atoms with Crippen molar-refractivity contribution in [2.45, 2.75) is 151 Å². The first-order valence-electron chi connectivity index (χ1n) is 22.4. The summed E-state index contributed by atoms with van der Waals surface area (Å²) >= 11 is 0. The quantitative estimate of drug-likeness (QED) is 0.0977. The highest BCUT2D eigenvalue weighted by Gasteiger charge is 2.33. The molecule has 7 rings (SSSR count). The molecule has 4 nitrogen and oxygen atoms in total. The van der Waals surface area contributed by atoms with Crippen LogP contribution in [0, 0.1) is 0 Å². The predicted molar refractivity (Wildman–Crippen MR) is 252 cm³/mol. The second-order valence-electron chi connectivity index (χ2n) is 19.1. The fraction of sp³-hybridized carbons (Fsp3) is 0.418. The van der Waals surface area contributed by atoms with E-state index in [2.05, 4.69) is 220 Å². The first-order chi connectivity index (χ1) is 28.1. The van der Waals surface area contributed by atoms with Crippen molar-refractivity contribution in [1.29, 1.82) is 0 Å². The maximum Gasteiger partial charge on any atom is 0.245 e.